The molecule has 2 aliphatic rings. The number of aromatic nitrogens is 2. The Kier molecular flexibility index (Phi) is 4.33. The van der Waals surface area contributed by atoms with Crippen LogP contribution < -0.4 is 0 Å². The fourth-order valence-electron chi connectivity index (χ4n) is 4.12. The second-order valence-electron chi connectivity index (χ2n) is 7.13. The molecule has 0 aliphatic carbocycles. The van der Waals surface area contributed by atoms with E-state index in [0.29, 0.717) is 29.9 Å². The average molecular weight is 344 g/mol. The number of rotatable bonds is 5. The van der Waals surface area contributed by atoms with Crippen LogP contribution in [0.25, 0.3) is 11.6 Å². The summed E-state index contributed by atoms with van der Waals surface area (Å²) in [6.45, 7) is 6.16. The number of furan rings is 1. The summed E-state index contributed by atoms with van der Waals surface area (Å²) in [6.07, 6.45) is 5.62. The molecule has 134 valence electrons. The maximum atomic E-state index is 12.9. The Morgan fingerprint density at radius 2 is 2.24 bits per heavy atom. The van der Waals surface area contributed by atoms with Crippen LogP contribution in [0.5, 0.6) is 0 Å². The van der Waals surface area contributed by atoms with E-state index < -0.39 is 0 Å². The smallest absolute Gasteiger partial charge is 0.241 e. The molecule has 7 nitrogen and oxygen atoms in total. The largest absolute Gasteiger partial charge is 0.461 e. The van der Waals surface area contributed by atoms with Gasteiger partial charge in [-0.1, -0.05) is 12.1 Å². The summed E-state index contributed by atoms with van der Waals surface area (Å²) < 4.78 is 10.6. The van der Waals surface area contributed by atoms with Crippen molar-refractivity contribution in [3.63, 3.8) is 0 Å². The van der Waals surface area contributed by atoms with Crippen LogP contribution >= 0.6 is 0 Å². The van der Waals surface area contributed by atoms with Gasteiger partial charge in [0, 0.05) is 19.6 Å². The lowest BCUT2D eigenvalue weighted by Crippen LogP contribution is -2.50. The highest BCUT2D eigenvalue weighted by molar-refractivity contribution is 5.84. The Morgan fingerprint density at radius 3 is 3.04 bits per heavy atom. The minimum absolute atomic E-state index is 0.211. The molecule has 1 atom stereocenters. The molecule has 0 bridgehead atoms. The minimum atomic E-state index is -0.211. The molecule has 2 fully saturated rings. The standard InChI is InChI=1S/C18H24N4O3/c1-2-8-22-9-4-6-18(17(22)23)7-10-21(13-18)12-15-19-16(20-25-15)14-5-3-11-24-14/h3,5,11H,2,4,6-10,12-13H2,1H3. The van der Waals surface area contributed by atoms with Gasteiger partial charge in [-0.2, -0.15) is 4.98 Å². The molecule has 1 unspecified atom stereocenters. The van der Waals surface area contributed by atoms with Crippen molar-refractivity contribution in [2.45, 2.75) is 39.2 Å². The highest BCUT2D eigenvalue weighted by atomic mass is 16.5. The van der Waals surface area contributed by atoms with E-state index in [1.54, 1.807) is 12.3 Å². The van der Waals surface area contributed by atoms with Crippen LogP contribution in [0.4, 0.5) is 0 Å². The van der Waals surface area contributed by atoms with E-state index in [0.717, 1.165) is 51.9 Å². The van der Waals surface area contributed by atoms with Crippen LogP contribution in [-0.4, -0.2) is 52.0 Å². The highest BCUT2D eigenvalue weighted by Gasteiger charge is 2.48. The number of likely N-dealkylation sites (tertiary alicyclic amines) is 2. The van der Waals surface area contributed by atoms with Gasteiger partial charge in [-0.3, -0.25) is 9.69 Å². The van der Waals surface area contributed by atoms with Gasteiger partial charge in [0.1, 0.15) is 0 Å². The van der Waals surface area contributed by atoms with Crippen molar-refractivity contribution in [3.8, 4) is 11.6 Å². The first-order valence-electron chi connectivity index (χ1n) is 9.08. The third kappa shape index (κ3) is 3.08. The molecule has 2 aliphatic heterocycles. The van der Waals surface area contributed by atoms with E-state index >= 15 is 0 Å². The molecule has 1 spiro atoms. The van der Waals surface area contributed by atoms with E-state index in [-0.39, 0.29) is 5.41 Å². The monoisotopic (exact) mass is 344 g/mol. The third-order valence-electron chi connectivity index (χ3n) is 5.32. The predicted molar refractivity (Wildman–Crippen MR) is 90.4 cm³/mol. The van der Waals surface area contributed by atoms with E-state index in [9.17, 15) is 4.79 Å². The van der Waals surface area contributed by atoms with Gasteiger partial charge in [-0.15, -0.1) is 0 Å². The second-order valence-corrected chi connectivity index (χ2v) is 7.13. The Hall–Kier alpha value is -2.15. The second kappa shape index (κ2) is 6.63. The molecule has 0 aromatic carbocycles. The van der Waals surface area contributed by atoms with Crippen molar-refractivity contribution in [1.29, 1.82) is 0 Å². The maximum Gasteiger partial charge on any atom is 0.241 e. The summed E-state index contributed by atoms with van der Waals surface area (Å²) in [5, 5.41) is 3.97. The predicted octanol–water partition coefficient (Wildman–Crippen LogP) is 2.55. The SMILES string of the molecule is CCCN1CCCC2(CCN(Cc3nc(-c4ccco4)no3)C2)C1=O. The van der Waals surface area contributed by atoms with Crippen LogP contribution in [-0.2, 0) is 11.3 Å². The van der Waals surface area contributed by atoms with E-state index in [2.05, 4.69) is 26.9 Å². The van der Waals surface area contributed by atoms with Crippen molar-refractivity contribution < 1.29 is 13.7 Å². The Bertz CT molecular complexity index is 725. The van der Waals surface area contributed by atoms with Gasteiger partial charge in [0.15, 0.2) is 5.76 Å². The summed E-state index contributed by atoms with van der Waals surface area (Å²) in [4.78, 5) is 21.6. The van der Waals surface area contributed by atoms with Crippen molar-refractivity contribution in [1.82, 2.24) is 19.9 Å². The minimum Gasteiger partial charge on any atom is -0.461 e. The van der Waals surface area contributed by atoms with Gasteiger partial charge in [-0.05, 0) is 44.4 Å². The van der Waals surface area contributed by atoms with Gasteiger partial charge in [-0.25, -0.2) is 0 Å². The molecular weight excluding hydrogens is 320 g/mol. The van der Waals surface area contributed by atoms with Crippen LogP contribution in [0, 0.1) is 5.41 Å². The van der Waals surface area contributed by atoms with Crippen LogP contribution in [0.1, 0.15) is 38.5 Å². The summed E-state index contributed by atoms with van der Waals surface area (Å²) in [5.41, 5.74) is -0.211. The average Bonchev–Trinajstić information content (AvgIpc) is 3.34. The number of hydrogen-bond acceptors (Lipinski definition) is 6. The van der Waals surface area contributed by atoms with E-state index in [1.807, 2.05) is 6.07 Å². The van der Waals surface area contributed by atoms with Gasteiger partial charge in [0.25, 0.3) is 0 Å². The molecule has 7 heteroatoms. The lowest BCUT2D eigenvalue weighted by atomic mass is 9.78. The molecule has 2 aromatic rings. The first-order chi connectivity index (χ1) is 12.2. The molecule has 2 aromatic heterocycles. The molecule has 25 heavy (non-hydrogen) atoms. The number of carbonyl (C=O) groups is 1. The summed E-state index contributed by atoms with van der Waals surface area (Å²) in [5.74, 6) is 1.98. The molecule has 0 saturated carbocycles. The van der Waals surface area contributed by atoms with Gasteiger partial charge in [0.2, 0.25) is 17.6 Å². The number of nitrogens with zero attached hydrogens (tertiary/aromatic N) is 4. The summed E-state index contributed by atoms with van der Waals surface area (Å²) in [7, 11) is 0. The van der Waals surface area contributed by atoms with Gasteiger partial charge in [0.05, 0.1) is 18.2 Å². The molecule has 0 N–H and O–H groups in total. The van der Waals surface area contributed by atoms with Crippen molar-refractivity contribution in [2.75, 3.05) is 26.2 Å². The maximum absolute atomic E-state index is 12.9. The molecule has 0 radical (unpaired) electrons. The Balaban J connectivity index is 1.42. The quantitative estimate of drug-likeness (QED) is 0.830. The van der Waals surface area contributed by atoms with Crippen LogP contribution in [0.3, 0.4) is 0 Å². The highest BCUT2D eigenvalue weighted by Crippen LogP contribution is 2.40. The zero-order valence-electron chi connectivity index (χ0n) is 14.6. The van der Waals surface area contributed by atoms with E-state index in [4.69, 9.17) is 8.94 Å². The Morgan fingerprint density at radius 1 is 1.32 bits per heavy atom. The zero-order valence-corrected chi connectivity index (χ0v) is 14.6. The van der Waals surface area contributed by atoms with Crippen molar-refractivity contribution in [3.05, 3.63) is 24.3 Å². The lowest BCUT2D eigenvalue weighted by Gasteiger charge is -2.39. The fourth-order valence-corrected chi connectivity index (χ4v) is 4.12. The third-order valence-corrected chi connectivity index (χ3v) is 5.32. The van der Waals surface area contributed by atoms with Crippen LogP contribution in [0.15, 0.2) is 27.3 Å². The Labute approximate surface area is 147 Å². The number of carbonyl (C=O) groups excluding carboxylic acids is 1. The molecule has 4 heterocycles. The first kappa shape index (κ1) is 16.3. The van der Waals surface area contributed by atoms with Crippen molar-refractivity contribution >= 4 is 5.91 Å². The lowest BCUT2D eigenvalue weighted by molar-refractivity contribution is -0.145. The normalized spacial score (nSPS) is 24.5. The number of hydrogen-bond donors (Lipinski definition) is 0. The summed E-state index contributed by atoms with van der Waals surface area (Å²) in [6, 6.07) is 3.61. The van der Waals surface area contributed by atoms with Gasteiger partial charge < -0.3 is 13.8 Å². The number of amides is 1. The topological polar surface area (TPSA) is 75.6 Å². The first-order valence-corrected chi connectivity index (χ1v) is 9.08. The summed E-state index contributed by atoms with van der Waals surface area (Å²) >= 11 is 0. The molecule has 2 saturated heterocycles. The fraction of sp³-hybridized carbons (Fsp3) is 0.611. The van der Waals surface area contributed by atoms with Crippen LogP contribution in [0.2, 0.25) is 0 Å². The van der Waals surface area contributed by atoms with E-state index in [1.165, 1.54) is 0 Å². The molecular formula is C18H24N4O3. The zero-order chi connectivity index (χ0) is 17.3. The van der Waals surface area contributed by atoms with Crippen molar-refractivity contribution in [2.24, 2.45) is 5.41 Å². The molecule has 1 amide bonds. The molecule has 4 rings (SSSR count). The number of piperidine rings is 1. The van der Waals surface area contributed by atoms with Gasteiger partial charge >= 0.3 is 0 Å².